The molecule has 2 nitrogen and oxygen atoms in total. The van der Waals surface area contributed by atoms with Gasteiger partial charge in [-0.05, 0) is 36.4 Å². The van der Waals surface area contributed by atoms with Gasteiger partial charge >= 0.3 is 6.18 Å². The summed E-state index contributed by atoms with van der Waals surface area (Å²) in [6.45, 7) is 0. The molecule has 1 heterocycles. The van der Waals surface area contributed by atoms with Gasteiger partial charge in [-0.3, -0.25) is 4.90 Å². The Hall–Kier alpha value is -1.86. The van der Waals surface area contributed by atoms with Gasteiger partial charge in [0.25, 0.3) is 0 Å². The lowest BCUT2D eigenvalue weighted by Crippen LogP contribution is -2.12. The molecule has 118 valence electrons. The van der Waals surface area contributed by atoms with Gasteiger partial charge in [-0.1, -0.05) is 28.1 Å². The predicted octanol–water partition coefficient (Wildman–Crippen LogP) is 6.39. The molecule has 7 heteroatoms. The number of hydrogen-bond donors (Lipinski definition) is 0. The van der Waals surface area contributed by atoms with Crippen LogP contribution < -0.4 is 4.90 Å². The van der Waals surface area contributed by atoms with Crippen LogP contribution in [-0.4, -0.2) is 4.98 Å². The number of anilines is 3. The number of benzene rings is 2. The molecule has 0 unspecified atom stereocenters. The first kappa shape index (κ1) is 16.0. The molecular formula is C16H10BrF3N2S. The molecule has 0 spiro atoms. The van der Waals surface area contributed by atoms with E-state index in [-0.39, 0.29) is 0 Å². The minimum absolute atomic E-state index is 0.410. The molecule has 3 rings (SSSR count). The Morgan fingerprint density at radius 2 is 1.70 bits per heavy atom. The number of aromatic nitrogens is 1. The monoisotopic (exact) mass is 398 g/mol. The van der Waals surface area contributed by atoms with Crippen molar-refractivity contribution >= 4 is 43.8 Å². The molecule has 0 aliphatic rings. The Morgan fingerprint density at radius 1 is 1.00 bits per heavy atom. The highest BCUT2D eigenvalue weighted by Crippen LogP contribution is 2.39. The predicted molar refractivity (Wildman–Crippen MR) is 89.5 cm³/mol. The standard InChI is InChI=1S/C16H10BrF3N2S/c17-12-4-2-6-14(10-12)22(15-21-7-8-23-15)13-5-1-3-11(9-13)16(18,19)20/h1-10H. The molecule has 0 saturated heterocycles. The van der Waals surface area contributed by atoms with Gasteiger partial charge in [-0.15, -0.1) is 11.3 Å². The molecule has 0 aliphatic heterocycles. The van der Waals surface area contributed by atoms with Crippen LogP contribution in [0.4, 0.5) is 29.7 Å². The number of thiazole rings is 1. The molecule has 0 fully saturated rings. The second-order valence-electron chi connectivity index (χ2n) is 4.68. The fraction of sp³-hybridized carbons (Fsp3) is 0.0625. The smallest absolute Gasteiger partial charge is 0.286 e. The van der Waals surface area contributed by atoms with E-state index in [0.29, 0.717) is 10.8 Å². The number of rotatable bonds is 3. The van der Waals surface area contributed by atoms with Crippen LogP contribution in [0.1, 0.15) is 5.56 Å². The van der Waals surface area contributed by atoms with Crippen molar-refractivity contribution in [1.82, 2.24) is 4.98 Å². The third kappa shape index (κ3) is 3.56. The molecule has 3 aromatic rings. The van der Waals surface area contributed by atoms with E-state index in [0.717, 1.165) is 22.3 Å². The van der Waals surface area contributed by atoms with Crippen LogP contribution in [0.3, 0.4) is 0 Å². The molecule has 0 radical (unpaired) electrons. The molecule has 0 aliphatic carbocycles. The van der Waals surface area contributed by atoms with E-state index in [1.807, 2.05) is 24.3 Å². The number of hydrogen-bond acceptors (Lipinski definition) is 3. The van der Waals surface area contributed by atoms with E-state index in [2.05, 4.69) is 20.9 Å². The first-order valence-electron chi connectivity index (χ1n) is 6.57. The number of alkyl halides is 3. The molecule has 0 N–H and O–H groups in total. The molecule has 2 aromatic carbocycles. The summed E-state index contributed by atoms with van der Waals surface area (Å²) in [7, 11) is 0. The Labute approximate surface area is 143 Å². The van der Waals surface area contributed by atoms with Crippen molar-refractivity contribution in [2.75, 3.05) is 4.90 Å². The average molecular weight is 399 g/mol. The zero-order chi connectivity index (χ0) is 16.4. The van der Waals surface area contributed by atoms with Crippen LogP contribution >= 0.6 is 27.3 Å². The topological polar surface area (TPSA) is 16.1 Å². The quantitative estimate of drug-likeness (QED) is 0.507. The van der Waals surface area contributed by atoms with Gasteiger partial charge in [-0.2, -0.15) is 13.2 Å². The van der Waals surface area contributed by atoms with Gasteiger partial charge in [0.2, 0.25) is 0 Å². The van der Waals surface area contributed by atoms with Crippen LogP contribution in [0.15, 0.2) is 64.6 Å². The van der Waals surface area contributed by atoms with E-state index in [4.69, 9.17) is 0 Å². The zero-order valence-corrected chi connectivity index (χ0v) is 14.0. The lowest BCUT2D eigenvalue weighted by molar-refractivity contribution is -0.137. The SMILES string of the molecule is FC(F)(F)c1cccc(N(c2cccc(Br)c2)c2nccs2)c1. The largest absolute Gasteiger partial charge is 0.416 e. The Bertz CT molecular complexity index is 803. The van der Waals surface area contributed by atoms with Crippen LogP contribution in [-0.2, 0) is 6.18 Å². The summed E-state index contributed by atoms with van der Waals surface area (Å²) in [4.78, 5) is 5.94. The fourth-order valence-electron chi connectivity index (χ4n) is 2.13. The lowest BCUT2D eigenvalue weighted by Gasteiger charge is -2.23. The van der Waals surface area contributed by atoms with Crippen LogP contribution in [0, 0.1) is 0 Å². The van der Waals surface area contributed by atoms with E-state index < -0.39 is 11.7 Å². The molecule has 0 amide bonds. The van der Waals surface area contributed by atoms with Crippen molar-refractivity contribution in [3.63, 3.8) is 0 Å². The summed E-state index contributed by atoms with van der Waals surface area (Å²) < 4.78 is 39.8. The summed E-state index contributed by atoms with van der Waals surface area (Å²) in [6.07, 6.45) is -2.76. The maximum Gasteiger partial charge on any atom is 0.416 e. The summed E-state index contributed by atoms with van der Waals surface area (Å²) >= 11 is 4.75. The lowest BCUT2D eigenvalue weighted by atomic mass is 10.1. The summed E-state index contributed by atoms with van der Waals surface area (Å²) in [5, 5.41) is 2.39. The molecule has 23 heavy (non-hydrogen) atoms. The summed E-state index contributed by atoms with van der Waals surface area (Å²) in [5.74, 6) is 0. The number of nitrogens with zero attached hydrogens (tertiary/aromatic N) is 2. The van der Waals surface area contributed by atoms with E-state index in [1.54, 1.807) is 22.5 Å². The van der Waals surface area contributed by atoms with E-state index in [1.165, 1.54) is 17.4 Å². The molecule has 1 aromatic heterocycles. The van der Waals surface area contributed by atoms with Gasteiger partial charge in [0.15, 0.2) is 5.13 Å². The van der Waals surface area contributed by atoms with E-state index >= 15 is 0 Å². The van der Waals surface area contributed by atoms with Crippen molar-refractivity contribution < 1.29 is 13.2 Å². The Kier molecular flexibility index (Phi) is 4.41. The highest BCUT2D eigenvalue weighted by atomic mass is 79.9. The van der Waals surface area contributed by atoms with Gasteiger partial charge in [-0.25, -0.2) is 4.98 Å². The highest BCUT2D eigenvalue weighted by Gasteiger charge is 2.31. The van der Waals surface area contributed by atoms with E-state index in [9.17, 15) is 13.2 Å². The summed E-state index contributed by atoms with van der Waals surface area (Å²) in [5.41, 5.74) is 0.452. The minimum Gasteiger partial charge on any atom is -0.286 e. The first-order valence-corrected chi connectivity index (χ1v) is 8.25. The molecule has 0 atom stereocenters. The third-order valence-electron chi connectivity index (χ3n) is 3.11. The second-order valence-corrected chi connectivity index (χ2v) is 6.47. The van der Waals surface area contributed by atoms with Crippen LogP contribution in [0.25, 0.3) is 0 Å². The van der Waals surface area contributed by atoms with Crippen molar-refractivity contribution in [3.05, 3.63) is 70.1 Å². The van der Waals surface area contributed by atoms with Gasteiger partial charge in [0.05, 0.1) is 5.56 Å². The van der Waals surface area contributed by atoms with Gasteiger partial charge in [0.1, 0.15) is 0 Å². The molecule has 0 bridgehead atoms. The van der Waals surface area contributed by atoms with Crippen molar-refractivity contribution in [2.24, 2.45) is 0 Å². The average Bonchev–Trinajstić information content (AvgIpc) is 3.01. The molecular weight excluding hydrogens is 389 g/mol. The molecule has 0 saturated carbocycles. The normalized spacial score (nSPS) is 11.5. The number of halogens is 4. The van der Waals surface area contributed by atoms with Crippen molar-refractivity contribution in [3.8, 4) is 0 Å². The van der Waals surface area contributed by atoms with Crippen molar-refractivity contribution in [2.45, 2.75) is 6.18 Å². The Morgan fingerprint density at radius 3 is 2.30 bits per heavy atom. The summed E-state index contributed by atoms with van der Waals surface area (Å²) in [6, 6.07) is 12.6. The Balaban J connectivity index is 2.14. The van der Waals surface area contributed by atoms with Crippen LogP contribution in [0.5, 0.6) is 0 Å². The van der Waals surface area contributed by atoms with Crippen molar-refractivity contribution in [1.29, 1.82) is 0 Å². The van der Waals surface area contributed by atoms with Gasteiger partial charge < -0.3 is 0 Å². The maximum absolute atomic E-state index is 13.0. The zero-order valence-electron chi connectivity index (χ0n) is 11.6. The fourth-order valence-corrected chi connectivity index (χ4v) is 3.20. The second kappa shape index (κ2) is 6.33. The van der Waals surface area contributed by atoms with Crippen LogP contribution in [0.2, 0.25) is 0 Å². The minimum atomic E-state index is -4.39. The third-order valence-corrected chi connectivity index (χ3v) is 4.36. The van der Waals surface area contributed by atoms with Gasteiger partial charge in [0, 0.05) is 27.4 Å². The maximum atomic E-state index is 13.0. The first-order chi connectivity index (χ1) is 10.9. The highest BCUT2D eigenvalue weighted by molar-refractivity contribution is 9.10.